The van der Waals surface area contributed by atoms with E-state index < -0.39 is 11.8 Å². The lowest BCUT2D eigenvalue weighted by molar-refractivity contribution is -0.143. The average Bonchev–Trinajstić information content (AvgIpc) is 2.71. The summed E-state index contributed by atoms with van der Waals surface area (Å²) >= 11 is 0.940. The quantitative estimate of drug-likeness (QED) is 0.730. The monoisotopic (exact) mass is 270 g/mol. The van der Waals surface area contributed by atoms with Crippen molar-refractivity contribution in [2.45, 2.75) is 19.8 Å². The molecule has 0 saturated heterocycles. The summed E-state index contributed by atoms with van der Waals surface area (Å²) in [6, 6.07) is 1.49. The fourth-order valence-electron chi connectivity index (χ4n) is 1.41. The number of hydrogen-bond donors (Lipinski definition) is 2. The first-order valence-corrected chi connectivity index (χ1v) is 6.15. The third-order valence-corrected chi connectivity index (χ3v) is 3.39. The molecular weight excluding hydrogens is 256 g/mol. The summed E-state index contributed by atoms with van der Waals surface area (Å²) in [5.74, 6) is -1.61. The van der Waals surface area contributed by atoms with Crippen molar-refractivity contribution in [3.05, 3.63) is 21.4 Å². The maximum absolute atomic E-state index is 11.2. The molecule has 1 rings (SSSR count). The van der Waals surface area contributed by atoms with Gasteiger partial charge in [0.1, 0.15) is 0 Å². The van der Waals surface area contributed by atoms with Crippen molar-refractivity contribution in [3.63, 3.8) is 0 Å². The van der Waals surface area contributed by atoms with Crippen LogP contribution in [0.4, 0.5) is 0 Å². The second kappa shape index (κ2) is 6.15. The Hall–Kier alpha value is -1.89. The Morgan fingerprint density at radius 3 is 2.44 bits per heavy atom. The summed E-state index contributed by atoms with van der Waals surface area (Å²) in [7, 11) is 0. The summed E-state index contributed by atoms with van der Waals surface area (Å²) < 4.78 is 4.77. The third-order valence-electron chi connectivity index (χ3n) is 2.18. The zero-order valence-electron chi connectivity index (χ0n) is 9.89. The lowest BCUT2D eigenvalue weighted by Gasteiger charge is -2.01. The summed E-state index contributed by atoms with van der Waals surface area (Å²) in [6.45, 7) is 2.01. The fraction of sp³-hybridized carbons (Fsp3) is 0.364. The van der Waals surface area contributed by atoms with E-state index in [-0.39, 0.29) is 22.1 Å². The number of aryl methyl sites for hydroxylation is 1. The molecule has 1 aromatic rings. The Kier molecular flexibility index (Phi) is 4.85. The Morgan fingerprint density at radius 2 is 1.94 bits per heavy atom. The van der Waals surface area contributed by atoms with Gasteiger partial charge in [0.05, 0.1) is 16.4 Å². The molecule has 6 nitrogen and oxygen atoms in total. The van der Waals surface area contributed by atoms with E-state index in [1.165, 1.54) is 6.07 Å². The third kappa shape index (κ3) is 3.56. The highest BCUT2D eigenvalue weighted by atomic mass is 32.1. The second-order valence-electron chi connectivity index (χ2n) is 3.50. The van der Waals surface area contributed by atoms with Crippen molar-refractivity contribution >= 4 is 29.1 Å². The lowest BCUT2D eigenvalue weighted by atomic mass is 10.1. The van der Waals surface area contributed by atoms with Crippen LogP contribution in [-0.2, 0) is 16.0 Å². The highest BCUT2D eigenvalue weighted by molar-refractivity contribution is 7.16. The molecule has 0 atom stereocenters. The van der Waals surface area contributed by atoms with Crippen molar-refractivity contribution in [1.82, 2.24) is 0 Å². The second-order valence-corrected chi connectivity index (χ2v) is 4.55. The maximum Gasteiger partial charge on any atom is 0.306 e. The predicted molar refractivity (Wildman–Crippen MR) is 66.3 cm³/mol. The summed E-state index contributed by atoms with van der Waals surface area (Å²) in [5, 5.41) is 0. The van der Waals surface area contributed by atoms with Crippen LogP contribution in [0.2, 0.25) is 0 Å². The number of nitrogens with two attached hydrogens (primary N) is 2. The Bertz CT molecular complexity index is 481. The van der Waals surface area contributed by atoms with Gasteiger partial charge in [0.15, 0.2) is 0 Å². The van der Waals surface area contributed by atoms with Crippen molar-refractivity contribution < 1.29 is 19.1 Å². The van der Waals surface area contributed by atoms with Crippen LogP contribution in [-0.4, -0.2) is 24.4 Å². The SMILES string of the molecule is CCOC(=O)CCc1cc(C(N)=O)sc1C(N)=O. The number of rotatable bonds is 6. The van der Waals surface area contributed by atoms with Gasteiger partial charge in [-0.05, 0) is 25.0 Å². The first-order valence-electron chi connectivity index (χ1n) is 5.33. The molecule has 4 N–H and O–H groups in total. The number of ether oxygens (including phenoxy) is 1. The van der Waals surface area contributed by atoms with Gasteiger partial charge in [-0.1, -0.05) is 0 Å². The molecule has 0 saturated carbocycles. The first kappa shape index (κ1) is 14.2. The molecule has 18 heavy (non-hydrogen) atoms. The van der Waals surface area contributed by atoms with Crippen LogP contribution in [0.3, 0.4) is 0 Å². The molecule has 0 radical (unpaired) electrons. The molecule has 0 spiro atoms. The Labute approximate surface area is 108 Å². The minimum Gasteiger partial charge on any atom is -0.466 e. The summed E-state index contributed by atoms with van der Waals surface area (Å²) in [4.78, 5) is 33.9. The summed E-state index contributed by atoms with van der Waals surface area (Å²) in [5.41, 5.74) is 10.9. The van der Waals surface area contributed by atoms with Gasteiger partial charge in [-0.25, -0.2) is 0 Å². The van der Waals surface area contributed by atoms with Gasteiger partial charge in [-0.3, -0.25) is 14.4 Å². The highest BCUT2D eigenvalue weighted by Gasteiger charge is 2.17. The van der Waals surface area contributed by atoms with E-state index in [2.05, 4.69) is 0 Å². The smallest absolute Gasteiger partial charge is 0.306 e. The van der Waals surface area contributed by atoms with Gasteiger partial charge in [0.2, 0.25) is 0 Å². The van der Waals surface area contributed by atoms with E-state index in [1.54, 1.807) is 6.92 Å². The van der Waals surface area contributed by atoms with E-state index in [1.807, 2.05) is 0 Å². The van der Waals surface area contributed by atoms with Gasteiger partial charge in [-0.2, -0.15) is 0 Å². The van der Waals surface area contributed by atoms with Crippen LogP contribution in [0.1, 0.15) is 38.3 Å². The number of esters is 1. The molecule has 0 aliphatic heterocycles. The van der Waals surface area contributed by atoms with Crippen molar-refractivity contribution in [2.75, 3.05) is 6.61 Å². The van der Waals surface area contributed by atoms with Crippen LogP contribution in [0.25, 0.3) is 0 Å². The topological polar surface area (TPSA) is 112 Å². The van der Waals surface area contributed by atoms with Gasteiger partial charge < -0.3 is 16.2 Å². The molecule has 1 heterocycles. The number of primary amides is 2. The first-order chi connectivity index (χ1) is 8.45. The minimum absolute atomic E-state index is 0.128. The minimum atomic E-state index is -0.633. The van der Waals surface area contributed by atoms with Crippen molar-refractivity contribution in [3.8, 4) is 0 Å². The number of hydrogen-bond acceptors (Lipinski definition) is 5. The molecular formula is C11H14N2O4S. The van der Waals surface area contributed by atoms with E-state index >= 15 is 0 Å². The van der Waals surface area contributed by atoms with Gasteiger partial charge >= 0.3 is 5.97 Å². The molecule has 0 fully saturated rings. The maximum atomic E-state index is 11.2. The average molecular weight is 270 g/mol. The van der Waals surface area contributed by atoms with Crippen molar-refractivity contribution in [2.24, 2.45) is 11.5 Å². The van der Waals surface area contributed by atoms with Crippen LogP contribution in [0.5, 0.6) is 0 Å². The van der Waals surface area contributed by atoms with Crippen LogP contribution in [0, 0.1) is 0 Å². The van der Waals surface area contributed by atoms with Gasteiger partial charge in [0.25, 0.3) is 11.8 Å². The lowest BCUT2D eigenvalue weighted by Crippen LogP contribution is -2.12. The predicted octanol–water partition coefficient (Wildman–Crippen LogP) is 0.442. The molecule has 98 valence electrons. The van der Waals surface area contributed by atoms with Crippen LogP contribution in [0.15, 0.2) is 6.07 Å². The van der Waals surface area contributed by atoms with Crippen LogP contribution >= 0.6 is 11.3 Å². The van der Waals surface area contributed by atoms with Crippen LogP contribution < -0.4 is 11.5 Å². The molecule has 1 aromatic heterocycles. The molecule has 0 aliphatic rings. The highest BCUT2D eigenvalue weighted by Crippen LogP contribution is 2.23. The van der Waals surface area contributed by atoms with E-state index in [9.17, 15) is 14.4 Å². The fourth-order valence-corrected chi connectivity index (χ4v) is 2.33. The van der Waals surface area contributed by atoms with Crippen molar-refractivity contribution in [1.29, 1.82) is 0 Å². The van der Waals surface area contributed by atoms with E-state index in [0.717, 1.165) is 11.3 Å². The number of amides is 2. The van der Waals surface area contributed by atoms with Gasteiger partial charge in [-0.15, -0.1) is 11.3 Å². The standard InChI is InChI=1S/C11H14N2O4S/c1-2-17-8(14)4-3-6-5-7(10(12)15)18-9(6)11(13)16/h5H,2-4H2,1H3,(H2,12,15)(H2,13,16). The zero-order chi connectivity index (χ0) is 13.7. The Balaban J connectivity index is 2.83. The zero-order valence-corrected chi connectivity index (χ0v) is 10.7. The number of carbonyl (C=O) groups excluding carboxylic acids is 3. The largest absolute Gasteiger partial charge is 0.466 e. The number of thiophene rings is 1. The van der Waals surface area contributed by atoms with E-state index in [0.29, 0.717) is 18.6 Å². The summed E-state index contributed by atoms with van der Waals surface area (Å²) in [6.07, 6.45) is 0.421. The number of carbonyl (C=O) groups is 3. The molecule has 0 unspecified atom stereocenters. The molecule has 0 aromatic carbocycles. The Morgan fingerprint density at radius 1 is 1.28 bits per heavy atom. The molecule has 0 aliphatic carbocycles. The van der Waals surface area contributed by atoms with E-state index in [4.69, 9.17) is 16.2 Å². The molecule has 2 amide bonds. The normalized spacial score (nSPS) is 10.1. The molecule has 7 heteroatoms. The molecule has 0 bridgehead atoms. The van der Waals surface area contributed by atoms with Gasteiger partial charge in [0, 0.05) is 6.42 Å².